The Labute approximate surface area is 205 Å². The molecule has 1 fully saturated rings. The van der Waals surface area contributed by atoms with Crippen molar-refractivity contribution in [1.29, 1.82) is 0 Å². The number of rotatable bonds is 9. The first kappa shape index (κ1) is 24.3. The lowest BCUT2D eigenvalue weighted by molar-refractivity contribution is -0.142. The molecule has 35 heavy (non-hydrogen) atoms. The van der Waals surface area contributed by atoms with Gasteiger partial charge in [-0.1, -0.05) is 55.0 Å². The van der Waals surface area contributed by atoms with Crippen molar-refractivity contribution < 1.29 is 24.2 Å². The van der Waals surface area contributed by atoms with Gasteiger partial charge in [0.2, 0.25) is 5.91 Å². The SMILES string of the molecule is CC#CCC(NC(=O)OCC1c2ccccc2-c2ccccc21)C(=O)NCC1(CC(=O)O)CCC1. The number of aliphatic carboxylic acids is 1. The van der Waals surface area contributed by atoms with Gasteiger partial charge in [-0.25, -0.2) is 4.79 Å². The van der Waals surface area contributed by atoms with E-state index in [1.165, 1.54) is 0 Å². The van der Waals surface area contributed by atoms with Gasteiger partial charge in [0, 0.05) is 18.9 Å². The summed E-state index contributed by atoms with van der Waals surface area (Å²) in [4.78, 5) is 36.7. The Hall–Kier alpha value is -3.79. The monoisotopic (exact) mass is 474 g/mol. The minimum atomic E-state index is -0.889. The molecule has 0 aromatic heterocycles. The minimum absolute atomic E-state index is 0.0204. The van der Waals surface area contributed by atoms with Crippen LogP contribution < -0.4 is 10.6 Å². The van der Waals surface area contributed by atoms with Gasteiger partial charge in [0.05, 0.1) is 6.42 Å². The fourth-order valence-electron chi connectivity index (χ4n) is 5.01. The van der Waals surface area contributed by atoms with Gasteiger partial charge in [-0.3, -0.25) is 9.59 Å². The smallest absolute Gasteiger partial charge is 0.407 e. The van der Waals surface area contributed by atoms with Gasteiger partial charge in [-0.15, -0.1) is 11.8 Å². The maximum absolute atomic E-state index is 12.8. The van der Waals surface area contributed by atoms with Crippen molar-refractivity contribution in [3.8, 4) is 23.0 Å². The molecule has 182 valence electrons. The molecule has 1 atom stereocenters. The molecule has 0 radical (unpaired) electrons. The second-order valence-corrected chi connectivity index (χ2v) is 9.30. The van der Waals surface area contributed by atoms with E-state index >= 15 is 0 Å². The molecule has 1 unspecified atom stereocenters. The summed E-state index contributed by atoms with van der Waals surface area (Å²) in [5, 5.41) is 14.7. The Morgan fingerprint density at radius 3 is 2.26 bits per heavy atom. The number of carbonyl (C=O) groups excluding carboxylic acids is 2. The molecule has 0 aliphatic heterocycles. The number of carbonyl (C=O) groups is 3. The van der Waals surface area contributed by atoms with Crippen molar-refractivity contribution in [3.05, 3.63) is 59.7 Å². The first-order valence-electron chi connectivity index (χ1n) is 11.9. The van der Waals surface area contributed by atoms with Gasteiger partial charge in [-0.05, 0) is 47.4 Å². The lowest BCUT2D eigenvalue weighted by Crippen LogP contribution is -2.51. The molecule has 7 nitrogen and oxygen atoms in total. The maximum Gasteiger partial charge on any atom is 0.407 e. The van der Waals surface area contributed by atoms with Crippen LogP contribution >= 0.6 is 0 Å². The third-order valence-electron chi connectivity index (χ3n) is 7.01. The molecular formula is C28H30N2O5. The molecule has 2 amide bonds. The highest BCUT2D eigenvalue weighted by Gasteiger charge is 2.39. The number of amides is 2. The van der Waals surface area contributed by atoms with Crippen LogP contribution in [0.2, 0.25) is 0 Å². The molecule has 2 aromatic carbocycles. The number of carboxylic acid groups (broad SMARTS) is 1. The summed E-state index contributed by atoms with van der Waals surface area (Å²) in [6.07, 6.45) is 1.95. The molecule has 0 spiro atoms. The lowest BCUT2D eigenvalue weighted by Gasteiger charge is -2.41. The Morgan fingerprint density at radius 1 is 1.09 bits per heavy atom. The van der Waals surface area contributed by atoms with Crippen molar-refractivity contribution in [2.24, 2.45) is 5.41 Å². The van der Waals surface area contributed by atoms with E-state index in [0.717, 1.165) is 41.5 Å². The summed E-state index contributed by atoms with van der Waals surface area (Å²) in [5.41, 5.74) is 4.08. The van der Waals surface area contributed by atoms with Crippen LogP contribution in [0.1, 0.15) is 56.1 Å². The average Bonchev–Trinajstić information content (AvgIpc) is 3.15. The zero-order valence-corrected chi connectivity index (χ0v) is 19.8. The van der Waals surface area contributed by atoms with Crippen LogP contribution in [-0.2, 0) is 14.3 Å². The van der Waals surface area contributed by atoms with Crippen LogP contribution in [0.5, 0.6) is 0 Å². The molecule has 4 rings (SSSR count). The van der Waals surface area contributed by atoms with E-state index in [1.54, 1.807) is 6.92 Å². The van der Waals surface area contributed by atoms with Crippen LogP contribution in [0, 0.1) is 17.3 Å². The van der Waals surface area contributed by atoms with E-state index in [4.69, 9.17) is 4.74 Å². The highest BCUT2D eigenvalue weighted by atomic mass is 16.5. The second kappa shape index (κ2) is 10.6. The number of fused-ring (bicyclic) bond motifs is 3. The van der Waals surface area contributed by atoms with Gasteiger partial charge in [0.25, 0.3) is 0 Å². The van der Waals surface area contributed by atoms with Crippen molar-refractivity contribution in [1.82, 2.24) is 10.6 Å². The molecule has 2 aromatic rings. The minimum Gasteiger partial charge on any atom is -0.481 e. The fourth-order valence-corrected chi connectivity index (χ4v) is 5.01. The molecule has 0 saturated heterocycles. The molecule has 2 aliphatic carbocycles. The highest BCUT2D eigenvalue weighted by Crippen LogP contribution is 2.45. The van der Waals surface area contributed by atoms with E-state index in [2.05, 4.69) is 34.6 Å². The molecule has 0 bridgehead atoms. The first-order valence-corrected chi connectivity index (χ1v) is 11.9. The van der Waals surface area contributed by atoms with Crippen molar-refractivity contribution >= 4 is 18.0 Å². The number of nitrogens with one attached hydrogen (secondary N) is 2. The Bertz CT molecular complexity index is 1130. The zero-order valence-electron chi connectivity index (χ0n) is 19.8. The number of benzene rings is 2. The van der Waals surface area contributed by atoms with Crippen LogP contribution in [0.3, 0.4) is 0 Å². The Morgan fingerprint density at radius 2 is 1.71 bits per heavy atom. The Balaban J connectivity index is 1.37. The topological polar surface area (TPSA) is 105 Å². The number of ether oxygens (including phenoxy) is 1. The van der Waals surface area contributed by atoms with Gasteiger partial charge in [0.1, 0.15) is 12.6 Å². The summed E-state index contributed by atoms with van der Waals surface area (Å²) >= 11 is 0. The highest BCUT2D eigenvalue weighted by molar-refractivity contribution is 5.86. The van der Waals surface area contributed by atoms with E-state index in [9.17, 15) is 19.5 Å². The summed E-state index contributed by atoms with van der Waals surface area (Å²) in [7, 11) is 0. The number of alkyl carbamates (subject to hydrolysis) is 1. The van der Waals surface area contributed by atoms with E-state index in [1.807, 2.05) is 36.4 Å². The van der Waals surface area contributed by atoms with E-state index in [0.29, 0.717) is 0 Å². The fraction of sp³-hybridized carbons (Fsp3) is 0.393. The predicted octanol–water partition coefficient (Wildman–Crippen LogP) is 4.07. The molecule has 0 heterocycles. The van der Waals surface area contributed by atoms with Crippen molar-refractivity contribution in [2.45, 2.75) is 51.0 Å². The average molecular weight is 475 g/mol. The Kier molecular flexibility index (Phi) is 7.40. The van der Waals surface area contributed by atoms with Crippen molar-refractivity contribution in [3.63, 3.8) is 0 Å². The van der Waals surface area contributed by atoms with E-state index < -0.39 is 29.4 Å². The summed E-state index contributed by atoms with van der Waals surface area (Å²) in [5.74, 6) is 4.25. The van der Waals surface area contributed by atoms with Crippen LogP contribution in [0.25, 0.3) is 11.1 Å². The van der Waals surface area contributed by atoms with Gasteiger partial charge >= 0.3 is 12.1 Å². The molecule has 7 heteroatoms. The maximum atomic E-state index is 12.8. The standard InChI is InChI=1S/C28H30N2O5/c1-2-3-13-24(26(33)29-18-28(14-8-15-28)16-25(31)32)30-27(34)35-17-23-21-11-6-4-9-19(21)20-10-5-7-12-22(20)23/h4-7,9-12,23-24H,8,13-18H2,1H3,(H,29,33)(H,30,34)(H,31,32). The van der Waals surface area contributed by atoms with Gasteiger partial charge in [0.15, 0.2) is 0 Å². The number of hydrogen-bond acceptors (Lipinski definition) is 4. The summed E-state index contributed by atoms with van der Waals surface area (Å²) in [6, 6.07) is 15.3. The first-order chi connectivity index (χ1) is 16.9. The number of hydrogen-bond donors (Lipinski definition) is 3. The van der Waals surface area contributed by atoms with Crippen molar-refractivity contribution in [2.75, 3.05) is 13.2 Å². The predicted molar refractivity (Wildman–Crippen MR) is 132 cm³/mol. The van der Waals surface area contributed by atoms with Crippen LogP contribution in [-0.4, -0.2) is 42.3 Å². The second-order valence-electron chi connectivity index (χ2n) is 9.30. The van der Waals surface area contributed by atoms with Crippen LogP contribution in [0.4, 0.5) is 4.79 Å². The largest absolute Gasteiger partial charge is 0.481 e. The normalized spacial score (nSPS) is 15.9. The summed E-state index contributed by atoms with van der Waals surface area (Å²) < 4.78 is 5.57. The molecular weight excluding hydrogens is 444 g/mol. The molecule has 1 saturated carbocycles. The lowest BCUT2D eigenvalue weighted by atomic mass is 9.66. The van der Waals surface area contributed by atoms with Gasteiger partial charge < -0.3 is 20.5 Å². The third-order valence-corrected chi connectivity index (χ3v) is 7.01. The third kappa shape index (κ3) is 5.48. The molecule has 3 N–H and O–H groups in total. The van der Waals surface area contributed by atoms with Gasteiger partial charge in [-0.2, -0.15) is 0 Å². The zero-order chi connectivity index (χ0) is 24.8. The quantitative estimate of drug-likeness (QED) is 0.475. The molecule has 2 aliphatic rings. The van der Waals surface area contributed by atoms with E-state index in [-0.39, 0.29) is 31.9 Å². The summed E-state index contributed by atoms with van der Waals surface area (Å²) in [6.45, 7) is 2.08. The number of carboxylic acids is 1. The van der Waals surface area contributed by atoms with Crippen LogP contribution in [0.15, 0.2) is 48.5 Å².